The average Bonchev–Trinajstić information content (AvgIpc) is 2.62. The zero-order chi connectivity index (χ0) is 17.6. The van der Waals surface area contributed by atoms with E-state index < -0.39 is 0 Å². The molecule has 6 nitrogen and oxygen atoms in total. The summed E-state index contributed by atoms with van der Waals surface area (Å²) in [5.74, 6) is 1.54. The lowest BCUT2D eigenvalue weighted by Gasteiger charge is -2.10. The predicted octanol–water partition coefficient (Wildman–Crippen LogP) is 4.54. The number of hydrogen-bond donors (Lipinski definition) is 2. The predicted molar refractivity (Wildman–Crippen MR) is 99.9 cm³/mol. The highest BCUT2D eigenvalue weighted by atomic mass is 35.5. The molecular weight excluding hydrogens is 361 g/mol. The molecule has 0 spiro atoms. The van der Waals surface area contributed by atoms with Crippen molar-refractivity contribution in [3.05, 3.63) is 64.3 Å². The van der Waals surface area contributed by atoms with Gasteiger partial charge in [-0.3, -0.25) is 0 Å². The molecule has 0 aliphatic rings. The van der Waals surface area contributed by atoms with Crippen LogP contribution in [0.3, 0.4) is 0 Å². The minimum atomic E-state index is 0.393. The lowest BCUT2D eigenvalue weighted by Crippen LogP contribution is -2.06. The Bertz CT molecular complexity index is 875. The van der Waals surface area contributed by atoms with Gasteiger partial charge in [-0.15, -0.1) is 5.10 Å². The first-order chi connectivity index (χ1) is 12.2. The van der Waals surface area contributed by atoms with Crippen LogP contribution >= 0.6 is 23.2 Å². The molecule has 1 aromatic heterocycles. The molecule has 2 N–H and O–H groups in total. The van der Waals surface area contributed by atoms with Gasteiger partial charge < -0.3 is 15.4 Å². The van der Waals surface area contributed by atoms with E-state index in [9.17, 15) is 0 Å². The molecular formula is C17H15Cl2N5O. The monoisotopic (exact) mass is 375 g/mol. The molecule has 0 radical (unpaired) electrons. The fourth-order valence-corrected chi connectivity index (χ4v) is 2.61. The van der Waals surface area contributed by atoms with Gasteiger partial charge in [-0.1, -0.05) is 41.4 Å². The third-order valence-corrected chi connectivity index (χ3v) is 4.04. The molecule has 0 unspecified atom stereocenters. The molecule has 0 bridgehead atoms. The van der Waals surface area contributed by atoms with Crippen molar-refractivity contribution in [2.24, 2.45) is 0 Å². The first-order valence-corrected chi connectivity index (χ1v) is 8.19. The van der Waals surface area contributed by atoms with Crippen molar-refractivity contribution in [1.82, 2.24) is 15.2 Å². The highest BCUT2D eigenvalue weighted by molar-refractivity contribution is 6.32. The molecule has 0 aliphatic carbocycles. The number of hydrogen-bond acceptors (Lipinski definition) is 6. The lowest BCUT2D eigenvalue weighted by atomic mass is 10.2. The van der Waals surface area contributed by atoms with Crippen molar-refractivity contribution in [3.8, 4) is 5.75 Å². The van der Waals surface area contributed by atoms with Gasteiger partial charge in [-0.2, -0.15) is 10.1 Å². The van der Waals surface area contributed by atoms with E-state index >= 15 is 0 Å². The first-order valence-electron chi connectivity index (χ1n) is 7.43. The highest BCUT2D eigenvalue weighted by Crippen LogP contribution is 2.28. The van der Waals surface area contributed by atoms with E-state index in [0.717, 1.165) is 11.3 Å². The Morgan fingerprint density at radius 1 is 1.08 bits per heavy atom. The Kier molecular flexibility index (Phi) is 5.53. The van der Waals surface area contributed by atoms with Crippen LogP contribution in [0.1, 0.15) is 5.56 Å². The van der Waals surface area contributed by atoms with Gasteiger partial charge in [0.15, 0.2) is 5.82 Å². The highest BCUT2D eigenvalue weighted by Gasteiger charge is 2.05. The number of methoxy groups -OCH3 is 1. The average molecular weight is 376 g/mol. The van der Waals surface area contributed by atoms with Gasteiger partial charge in [0.1, 0.15) is 5.75 Å². The molecule has 25 heavy (non-hydrogen) atoms. The smallest absolute Gasteiger partial charge is 0.244 e. The lowest BCUT2D eigenvalue weighted by molar-refractivity contribution is 0.415. The number of ether oxygens (including phenoxy) is 1. The normalized spacial score (nSPS) is 10.4. The van der Waals surface area contributed by atoms with Gasteiger partial charge in [0, 0.05) is 17.3 Å². The van der Waals surface area contributed by atoms with E-state index in [-0.39, 0.29) is 0 Å². The SMILES string of the molecule is COc1ccc(Nc2cnnc(NCc3ccccc3Cl)n2)cc1Cl. The van der Waals surface area contributed by atoms with Crippen LogP contribution < -0.4 is 15.4 Å². The van der Waals surface area contributed by atoms with Gasteiger partial charge in [0.2, 0.25) is 5.95 Å². The Balaban J connectivity index is 1.69. The molecule has 8 heteroatoms. The summed E-state index contributed by atoms with van der Waals surface area (Å²) in [5.41, 5.74) is 1.72. The third-order valence-electron chi connectivity index (χ3n) is 3.38. The molecule has 0 aliphatic heterocycles. The summed E-state index contributed by atoms with van der Waals surface area (Å²) in [6.45, 7) is 0.499. The van der Waals surface area contributed by atoms with Crippen LogP contribution in [0.5, 0.6) is 5.75 Å². The largest absolute Gasteiger partial charge is 0.495 e. The molecule has 2 aromatic carbocycles. The van der Waals surface area contributed by atoms with E-state index in [1.807, 2.05) is 30.3 Å². The molecule has 0 amide bonds. The van der Waals surface area contributed by atoms with Gasteiger partial charge in [-0.25, -0.2) is 0 Å². The van der Waals surface area contributed by atoms with E-state index in [4.69, 9.17) is 27.9 Å². The van der Waals surface area contributed by atoms with Crippen molar-refractivity contribution >= 4 is 40.7 Å². The second kappa shape index (κ2) is 8.00. The topological polar surface area (TPSA) is 72.0 Å². The van der Waals surface area contributed by atoms with E-state index in [2.05, 4.69) is 25.8 Å². The van der Waals surface area contributed by atoms with Crippen molar-refractivity contribution in [2.45, 2.75) is 6.54 Å². The van der Waals surface area contributed by atoms with Crippen molar-refractivity contribution in [3.63, 3.8) is 0 Å². The Morgan fingerprint density at radius 2 is 1.92 bits per heavy atom. The van der Waals surface area contributed by atoms with Crippen molar-refractivity contribution < 1.29 is 4.74 Å². The zero-order valence-electron chi connectivity index (χ0n) is 13.3. The van der Waals surface area contributed by atoms with E-state index in [1.165, 1.54) is 6.20 Å². The summed E-state index contributed by atoms with van der Waals surface area (Å²) in [6.07, 6.45) is 1.53. The third kappa shape index (κ3) is 4.49. The quantitative estimate of drug-likeness (QED) is 0.658. The maximum absolute atomic E-state index is 6.14. The number of rotatable bonds is 6. The standard InChI is InChI=1S/C17H15Cl2N5O/c1-25-15-7-6-12(8-14(15)19)22-16-10-21-24-17(23-16)20-9-11-4-2-3-5-13(11)18/h2-8,10H,9H2,1H3,(H2,20,22,23,24). The molecule has 3 aromatic rings. The van der Waals surface area contributed by atoms with Gasteiger partial charge in [0.05, 0.1) is 18.3 Å². The summed E-state index contributed by atoms with van der Waals surface area (Å²) < 4.78 is 5.13. The Labute approximate surface area is 155 Å². The number of benzene rings is 2. The van der Waals surface area contributed by atoms with Crippen LogP contribution in [0.25, 0.3) is 0 Å². The Hall–Kier alpha value is -2.57. The molecule has 1 heterocycles. The van der Waals surface area contributed by atoms with Crippen LogP contribution in [0.4, 0.5) is 17.5 Å². The number of nitrogens with zero attached hydrogens (tertiary/aromatic N) is 3. The van der Waals surface area contributed by atoms with Crippen LogP contribution in [0.15, 0.2) is 48.7 Å². The summed E-state index contributed by atoms with van der Waals surface area (Å²) in [7, 11) is 1.57. The zero-order valence-corrected chi connectivity index (χ0v) is 14.8. The molecule has 0 saturated heterocycles. The molecule has 3 rings (SSSR count). The summed E-state index contributed by atoms with van der Waals surface area (Å²) >= 11 is 12.3. The number of halogens is 2. The number of nitrogens with one attached hydrogen (secondary N) is 2. The van der Waals surface area contributed by atoms with E-state index in [1.54, 1.807) is 19.2 Å². The van der Waals surface area contributed by atoms with E-state index in [0.29, 0.717) is 34.1 Å². The van der Waals surface area contributed by atoms with Gasteiger partial charge in [0.25, 0.3) is 0 Å². The number of anilines is 3. The fraction of sp³-hybridized carbons (Fsp3) is 0.118. The van der Waals surface area contributed by atoms with Gasteiger partial charge >= 0.3 is 0 Å². The fourth-order valence-electron chi connectivity index (χ4n) is 2.15. The second-order valence-corrected chi connectivity index (χ2v) is 5.90. The minimum Gasteiger partial charge on any atom is -0.495 e. The Morgan fingerprint density at radius 3 is 2.68 bits per heavy atom. The summed E-state index contributed by atoms with van der Waals surface area (Å²) in [4.78, 5) is 4.37. The van der Waals surface area contributed by atoms with Crippen molar-refractivity contribution in [1.29, 1.82) is 0 Å². The molecule has 0 fully saturated rings. The number of aromatic nitrogens is 3. The van der Waals surface area contributed by atoms with Crippen LogP contribution in [0.2, 0.25) is 10.0 Å². The molecule has 0 saturated carbocycles. The van der Waals surface area contributed by atoms with Crippen LogP contribution in [0, 0.1) is 0 Å². The van der Waals surface area contributed by atoms with Crippen LogP contribution in [-0.2, 0) is 6.54 Å². The second-order valence-electron chi connectivity index (χ2n) is 5.08. The summed E-state index contributed by atoms with van der Waals surface area (Å²) in [5, 5.41) is 15.3. The minimum absolute atomic E-state index is 0.393. The maximum Gasteiger partial charge on any atom is 0.244 e. The van der Waals surface area contributed by atoms with Crippen molar-refractivity contribution in [2.75, 3.05) is 17.7 Å². The molecule has 128 valence electrons. The first kappa shape index (κ1) is 17.3. The summed E-state index contributed by atoms with van der Waals surface area (Å²) in [6, 6.07) is 12.9. The maximum atomic E-state index is 6.14. The molecule has 0 atom stereocenters. The van der Waals surface area contributed by atoms with Crippen LogP contribution in [-0.4, -0.2) is 22.3 Å². The van der Waals surface area contributed by atoms with Gasteiger partial charge in [-0.05, 0) is 29.8 Å².